The number of hydrogen-bond donors (Lipinski definition) is 1. The number of carbonyl (C=O) groups is 3. The summed E-state index contributed by atoms with van der Waals surface area (Å²) in [4.78, 5) is 45.8. The molecule has 4 aromatic carbocycles. The van der Waals surface area contributed by atoms with Gasteiger partial charge >= 0.3 is 19.1 Å². The molecule has 18 heteroatoms. The monoisotopic (exact) mass is 936 g/mol. The Labute approximate surface area is 394 Å². The van der Waals surface area contributed by atoms with Gasteiger partial charge in [-0.3, -0.25) is 24.0 Å². The maximum absolute atomic E-state index is 12.0. The Bertz CT molecular complexity index is 2850. The molecule has 346 valence electrons. The molecule has 6 aromatic rings. The molecule has 0 radical (unpaired) electrons. The van der Waals surface area contributed by atoms with Gasteiger partial charge in [-0.15, -0.1) is 0 Å². The van der Waals surface area contributed by atoms with E-state index in [2.05, 4.69) is 20.8 Å². The smallest absolute Gasteiger partial charge is 0.494 e. The molecule has 1 unspecified atom stereocenters. The molecule has 3 atom stereocenters. The maximum atomic E-state index is 12.0. The number of likely N-dealkylation sites (N-methyl/N-ethyl adjacent to an activating group) is 1. The lowest BCUT2D eigenvalue weighted by molar-refractivity contribution is -0.145. The summed E-state index contributed by atoms with van der Waals surface area (Å²) in [6.07, 6.45) is 7.73. The van der Waals surface area contributed by atoms with E-state index >= 15 is 0 Å². The maximum Gasteiger partial charge on any atom is 0.636 e. The van der Waals surface area contributed by atoms with E-state index in [0.29, 0.717) is 45.1 Å². The molecule has 2 aromatic heterocycles. The van der Waals surface area contributed by atoms with Crippen molar-refractivity contribution in [2.75, 3.05) is 34.4 Å². The summed E-state index contributed by atoms with van der Waals surface area (Å²) >= 11 is 0. The largest absolute Gasteiger partial charge is 0.636 e. The van der Waals surface area contributed by atoms with Crippen molar-refractivity contribution >= 4 is 46.3 Å². The highest BCUT2D eigenvalue weighted by Crippen LogP contribution is 2.42. The minimum absolute atomic E-state index is 0.0224. The van der Waals surface area contributed by atoms with E-state index < -0.39 is 30.0 Å². The number of nitrogens with zero attached hydrogens (tertiary/aromatic N) is 3. The number of carbonyl (C=O) groups excluding carboxylic acids is 3. The topological polar surface area (TPSA) is 183 Å². The van der Waals surface area contributed by atoms with Crippen molar-refractivity contribution in [2.45, 2.75) is 37.9 Å². The summed E-state index contributed by atoms with van der Waals surface area (Å²) in [5.41, 5.74) is 5.69. The Morgan fingerprint density at radius 2 is 1.13 bits per heavy atom. The third kappa shape index (κ3) is 10.6. The van der Waals surface area contributed by atoms with Crippen LogP contribution in [0.2, 0.25) is 0 Å². The molecule has 2 aliphatic heterocycles. The van der Waals surface area contributed by atoms with Gasteiger partial charge in [0, 0.05) is 34.8 Å². The number of rotatable bonds is 12. The van der Waals surface area contributed by atoms with Gasteiger partial charge in [0.1, 0.15) is 46.7 Å². The van der Waals surface area contributed by atoms with Crippen LogP contribution in [0.5, 0.6) is 46.3 Å². The number of ether oxygens (including phenoxy) is 6. The Morgan fingerprint density at radius 1 is 0.647 bits per heavy atom. The van der Waals surface area contributed by atoms with Gasteiger partial charge in [0.25, 0.3) is 5.91 Å². The van der Waals surface area contributed by atoms with E-state index in [0.717, 1.165) is 65.0 Å². The Hall–Kier alpha value is -7.70. The van der Waals surface area contributed by atoms with Gasteiger partial charge in [-0.25, -0.2) is 14.2 Å². The molecule has 4 aliphatic rings. The number of nitrogens with one attached hydrogen (secondary N) is 1. The molecule has 1 amide bonds. The fourth-order valence-electron chi connectivity index (χ4n) is 8.19. The predicted molar refractivity (Wildman–Crippen MR) is 250 cm³/mol. The lowest BCUT2D eigenvalue weighted by Crippen LogP contribution is -2.47. The first kappa shape index (κ1) is 45.5. The number of aromatic nitrogens is 2. The molecule has 0 spiro atoms. The van der Waals surface area contributed by atoms with E-state index in [-0.39, 0.29) is 31.2 Å². The molecular formula is C50H45BN4O12S. The fourth-order valence-corrected chi connectivity index (χ4v) is 9.11. The number of fused-ring (bicyclic) bond motifs is 2. The number of amides is 1. The van der Waals surface area contributed by atoms with Crippen molar-refractivity contribution in [3.05, 3.63) is 155 Å². The van der Waals surface area contributed by atoms with Crippen LogP contribution in [-0.4, -0.2) is 78.4 Å². The average molecular weight is 937 g/mol. The van der Waals surface area contributed by atoms with E-state index in [1.165, 1.54) is 6.08 Å². The van der Waals surface area contributed by atoms with Crippen LogP contribution in [0.1, 0.15) is 52.9 Å². The van der Waals surface area contributed by atoms with Gasteiger partial charge in [0.2, 0.25) is 11.8 Å². The molecule has 16 nitrogen and oxygen atoms in total. The summed E-state index contributed by atoms with van der Waals surface area (Å²) in [7, 11) is 2.22. The third-order valence-electron chi connectivity index (χ3n) is 11.4. The van der Waals surface area contributed by atoms with E-state index in [9.17, 15) is 18.6 Å². The molecule has 2 aliphatic carbocycles. The SMILES string of the molecule is COc1ccc(Oc2cccc3c2CC[C@H]3Oc2ccc(B3OC(=O)CN(C)CC(=O)O3)cc2)cn1.COc1ccc(Oc2cccc3c2CC[C@H]3Oc2ccc(C3=CC(=O)NS3=O)cc2)cn1. The van der Waals surface area contributed by atoms with Crippen molar-refractivity contribution < 1.29 is 56.3 Å². The number of methoxy groups -OCH3 is 2. The standard InChI is InChI=1S/C26H25BN2O7.C24H20N2O5S/c1-29-15-25(30)35-27(36-26(31)16-29)17-6-8-18(9-7-17)33-23-12-11-21-20(23)4-3-5-22(21)34-19-10-13-24(32-2)28-14-19;1-29-24-12-9-17(14-25-24)31-20-4-2-3-18-19(20)10-11-21(18)30-16-7-5-15(6-8-16)22-13-23(27)26-32(22)28/h3-10,13-14,23H,11-12,15-16H2,1-2H3;2-9,12-14,21H,10-11H2,1H3,(H,26,27)/t23-;21-,32?/m11/s1. The molecule has 1 N–H and O–H groups in total. The Balaban J connectivity index is 0.000000171. The van der Waals surface area contributed by atoms with Crippen LogP contribution in [-0.2, 0) is 47.5 Å². The van der Waals surface area contributed by atoms with Crippen molar-refractivity contribution in [3.8, 4) is 46.3 Å². The van der Waals surface area contributed by atoms with Gasteiger partial charge in [0.15, 0.2) is 11.0 Å². The van der Waals surface area contributed by atoms with Crippen LogP contribution in [0, 0.1) is 0 Å². The van der Waals surface area contributed by atoms with Crippen molar-refractivity contribution in [1.29, 1.82) is 0 Å². The predicted octanol–water partition coefficient (Wildman–Crippen LogP) is 6.76. The quantitative estimate of drug-likeness (QED) is 0.127. The van der Waals surface area contributed by atoms with E-state index in [4.69, 9.17) is 37.7 Å². The lowest BCUT2D eigenvalue weighted by atomic mass is 9.78. The normalized spacial score (nSPS) is 18.5. The van der Waals surface area contributed by atoms with Crippen LogP contribution in [0.4, 0.5) is 0 Å². The first-order valence-electron chi connectivity index (χ1n) is 21.7. The van der Waals surface area contributed by atoms with Crippen LogP contribution in [0.25, 0.3) is 4.91 Å². The van der Waals surface area contributed by atoms with Gasteiger partial charge in [0.05, 0.1) is 44.6 Å². The zero-order chi connectivity index (χ0) is 47.1. The summed E-state index contributed by atoms with van der Waals surface area (Å²) in [6.45, 7) is 0.0448. The fraction of sp³-hybridized carbons (Fsp3) is 0.220. The highest BCUT2D eigenvalue weighted by atomic mass is 32.2. The van der Waals surface area contributed by atoms with Gasteiger partial charge in [-0.2, -0.15) is 0 Å². The third-order valence-corrected chi connectivity index (χ3v) is 12.6. The molecular weight excluding hydrogens is 891 g/mol. The number of benzene rings is 4. The first-order valence-corrected chi connectivity index (χ1v) is 22.9. The molecule has 4 heterocycles. The van der Waals surface area contributed by atoms with Crippen molar-refractivity contribution in [3.63, 3.8) is 0 Å². The molecule has 1 saturated heterocycles. The first-order chi connectivity index (χ1) is 33.1. The minimum atomic E-state index is -1.51. The molecule has 10 rings (SSSR count). The van der Waals surface area contributed by atoms with Crippen molar-refractivity contribution in [2.24, 2.45) is 0 Å². The second-order valence-electron chi connectivity index (χ2n) is 16.0. The summed E-state index contributed by atoms with van der Waals surface area (Å²) in [6, 6.07) is 33.4. The second kappa shape index (κ2) is 20.4. The summed E-state index contributed by atoms with van der Waals surface area (Å²) in [5.74, 6) is 4.02. The molecule has 1 fully saturated rings. The Morgan fingerprint density at radius 3 is 1.57 bits per heavy atom. The summed E-state index contributed by atoms with van der Waals surface area (Å²) in [5, 5.41) is 0. The average Bonchev–Trinajstić information content (AvgIpc) is 4.06. The zero-order valence-electron chi connectivity index (χ0n) is 37.2. The summed E-state index contributed by atoms with van der Waals surface area (Å²) < 4.78 is 59.8. The number of pyridine rings is 2. The number of hydrogen-bond acceptors (Lipinski definition) is 15. The lowest BCUT2D eigenvalue weighted by Gasteiger charge is -2.22. The van der Waals surface area contributed by atoms with Crippen LogP contribution >= 0.6 is 0 Å². The second-order valence-corrected chi connectivity index (χ2v) is 17.2. The zero-order valence-corrected chi connectivity index (χ0v) is 38.1. The highest BCUT2D eigenvalue weighted by Gasteiger charge is 2.34. The van der Waals surface area contributed by atoms with Gasteiger partial charge in [-0.05, 0) is 98.0 Å². The minimum Gasteiger partial charge on any atom is -0.494 e. The van der Waals surface area contributed by atoms with E-state index in [1.54, 1.807) is 75.0 Å². The van der Waals surface area contributed by atoms with Crippen LogP contribution in [0.15, 0.2) is 128 Å². The molecule has 0 bridgehead atoms. The van der Waals surface area contributed by atoms with Crippen LogP contribution < -0.4 is 38.6 Å². The molecule has 68 heavy (non-hydrogen) atoms. The Kier molecular flexibility index (Phi) is 13.7. The van der Waals surface area contributed by atoms with Gasteiger partial charge < -0.3 is 37.7 Å². The van der Waals surface area contributed by atoms with Crippen LogP contribution in [0.3, 0.4) is 0 Å². The molecule has 0 saturated carbocycles. The van der Waals surface area contributed by atoms with Crippen molar-refractivity contribution in [1.82, 2.24) is 19.6 Å². The highest BCUT2D eigenvalue weighted by molar-refractivity contribution is 7.94. The van der Waals surface area contributed by atoms with Gasteiger partial charge in [-0.1, -0.05) is 48.5 Å². The van der Waals surface area contributed by atoms with E-state index in [1.807, 2.05) is 66.7 Å².